The van der Waals surface area contributed by atoms with Gasteiger partial charge >= 0.3 is 0 Å². The van der Waals surface area contributed by atoms with Gasteiger partial charge in [0.2, 0.25) is 10.0 Å². The van der Waals surface area contributed by atoms with Crippen LogP contribution in [0.2, 0.25) is 5.02 Å². The Morgan fingerprint density at radius 2 is 1.74 bits per heavy atom. The Morgan fingerprint density at radius 1 is 1.06 bits per heavy atom. The first-order chi connectivity index (χ1) is 16.3. The molecule has 0 spiro atoms. The van der Waals surface area contributed by atoms with Crippen LogP contribution in [0, 0.1) is 6.92 Å². The Morgan fingerprint density at radius 3 is 2.41 bits per heavy atom. The topological polar surface area (TPSA) is 88.1 Å². The van der Waals surface area contributed by atoms with Crippen molar-refractivity contribution >= 4 is 33.7 Å². The fourth-order valence-corrected chi connectivity index (χ4v) is 4.63. The molecule has 7 nitrogen and oxygen atoms in total. The van der Waals surface area contributed by atoms with E-state index < -0.39 is 22.5 Å². The van der Waals surface area contributed by atoms with Crippen LogP contribution in [0.4, 0.5) is 0 Å². The fourth-order valence-electron chi connectivity index (χ4n) is 3.12. The molecule has 0 aliphatic heterocycles. The van der Waals surface area contributed by atoms with E-state index in [2.05, 4.69) is 10.5 Å². The molecular weight excluding hydrogens is 474 g/mol. The standard InChI is InChI=1S/C25H26ClN3O4S/c1-3-33-24-7-5-4-6-21(24)16-27-28-25(30)18-29(17-20-10-8-19(2)9-11-20)34(31,32)23-14-12-22(26)13-15-23/h4-16H,3,17-18H2,1-2H3,(H,28,30)/b27-16-. The number of para-hydroxylation sites is 1. The third-order valence-electron chi connectivity index (χ3n) is 4.86. The van der Waals surface area contributed by atoms with Crippen LogP contribution in [0.3, 0.4) is 0 Å². The maximum absolute atomic E-state index is 13.3. The average Bonchev–Trinajstić information content (AvgIpc) is 2.81. The van der Waals surface area contributed by atoms with Gasteiger partial charge in [-0.1, -0.05) is 53.6 Å². The number of hydrazone groups is 1. The number of rotatable bonds is 10. The number of sulfonamides is 1. The van der Waals surface area contributed by atoms with Gasteiger partial charge in [0.1, 0.15) is 5.75 Å². The molecule has 9 heteroatoms. The number of carbonyl (C=O) groups is 1. The van der Waals surface area contributed by atoms with Gasteiger partial charge < -0.3 is 4.74 Å². The fraction of sp³-hybridized carbons (Fsp3) is 0.200. The van der Waals surface area contributed by atoms with E-state index in [1.54, 1.807) is 12.1 Å². The summed E-state index contributed by atoms with van der Waals surface area (Å²) in [5.41, 5.74) is 4.90. The Bertz CT molecular complexity index is 1240. The maximum atomic E-state index is 13.3. The van der Waals surface area contributed by atoms with Gasteiger partial charge in [0.25, 0.3) is 5.91 Å². The quantitative estimate of drug-likeness (QED) is 0.331. The Labute approximate surface area is 205 Å². The highest BCUT2D eigenvalue weighted by atomic mass is 35.5. The number of benzene rings is 3. The maximum Gasteiger partial charge on any atom is 0.255 e. The summed E-state index contributed by atoms with van der Waals surface area (Å²) in [5, 5.41) is 4.40. The van der Waals surface area contributed by atoms with Crippen LogP contribution in [-0.4, -0.2) is 38.0 Å². The molecule has 34 heavy (non-hydrogen) atoms. The third-order valence-corrected chi connectivity index (χ3v) is 6.92. The summed E-state index contributed by atoms with van der Waals surface area (Å²) in [4.78, 5) is 12.7. The molecule has 3 rings (SSSR count). The Balaban J connectivity index is 1.78. The lowest BCUT2D eigenvalue weighted by atomic mass is 10.1. The number of hydrogen-bond acceptors (Lipinski definition) is 5. The van der Waals surface area contributed by atoms with Crippen LogP contribution in [-0.2, 0) is 21.4 Å². The number of halogens is 1. The van der Waals surface area contributed by atoms with Crippen molar-refractivity contribution in [2.45, 2.75) is 25.3 Å². The third kappa shape index (κ3) is 6.90. The zero-order valence-electron chi connectivity index (χ0n) is 18.9. The highest BCUT2D eigenvalue weighted by Crippen LogP contribution is 2.21. The molecule has 3 aromatic rings. The van der Waals surface area contributed by atoms with Gasteiger partial charge in [-0.15, -0.1) is 0 Å². The van der Waals surface area contributed by atoms with Gasteiger partial charge in [0.15, 0.2) is 0 Å². The Kier molecular flexibility index (Phi) is 8.81. The molecule has 0 saturated heterocycles. The van der Waals surface area contributed by atoms with Crippen LogP contribution in [0.1, 0.15) is 23.6 Å². The van der Waals surface area contributed by atoms with E-state index in [4.69, 9.17) is 16.3 Å². The molecule has 0 aliphatic rings. The SMILES string of the molecule is CCOc1ccccc1/C=N\NC(=O)CN(Cc1ccc(C)cc1)S(=O)(=O)c1ccc(Cl)cc1. The van der Waals surface area contributed by atoms with Gasteiger partial charge in [-0.2, -0.15) is 9.41 Å². The van der Waals surface area contributed by atoms with E-state index in [0.717, 1.165) is 15.4 Å². The molecule has 178 valence electrons. The second-order valence-corrected chi connectivity index (χ2v) is 9.85. The summed E-state index contributed by atoms with van der Waals surface area (Å²) in [6.07, 6.45) is 1.46. The highest BCUT2D eigenvalue weighted by molar-refractivity contribution is 7.89. The lowest BCUT2D eigenvalue weighted by molar-refractivity contribution is -0.121. The van der Waals surface area contributed by atoms with Crippen molar-refractivity contribution < 1.29 is 17.9 Å². The van der Waals surface area contributed by atoms with E-state index >= 15 is 0 Å². The van der Waals surface area contributed by atoms with Gasteiger partial charge in [-0.05, 0) is 55.8 Å². The molecule has 0 aliphatic carbocycles. The average molecular weight is 500 g/mol. The van der Waals surface area contributed by atoms with E-state index in [1.807, 2.05) is 50.2 Å². The zero-order chi connectivity index (χ0) is 24.6. The van der Waals surface area contributed by atoms with E-state index in [1.165, 1.54) is 30.5 Å². The normalized spacial score (nSPS) is 11.6. The number of amides is 1. The minimum Gasteiger partial charge on any atom is -0.493 e. The van der Waals surface area contributed by atoms with Crippen LogP contribution >= 0.6 is 11.6 Å². The van der Waals surface area contributed by atoms with Gasteiger partial charge in [0, 0.05) is 17.1 Å². The first-order valence-corrected chi connectivity index (χ1v) is 12.5. The predicted molar refractivity (Wildman–Crippen MR) is 134 cm³/mol. The number of nitrogens with one attached hydrogen (secondary N) is 1. The van der Waals surface area contributed by atoms with Gasteiger partial charge in [-0.25, -0.2) is 13.8 Å². The van der Waals surface area contributed by atoms with Crippen molar-refractivity contribution in [1.82, 2.24) is 9.73 Å². The predicted octanol–water partition coefficient (Wildman–Crippen LogP) is 4.39. The molecule has 0 unspecified atom stereocenters. The molecule has 1 N–H and O–H groups in total. The zero-order valence-corrected chi connectivity index (χ0v) is 20.5. The van der Waals surface area contributed by atoms with Crippen molar-refractivity contribution in [3.63, 3.8) is 0 Å². The Hall–Kier alpha value is -3.20. The van der Waals surface area contributed by atoms with E-state index in [-0.39, 0.29) is 11.4 Å². The van der Waals surface area contributed by atoms with Crippen LogP contribution < -0.4 is 10.2 Å². The lowest BCUT2D eigenvalue weighted by Gasteiger charge is -2.21. The van der Waals surface area contributed by atoms with Crippen LogP contribution in [0.5, 0.6) is 5.75 Å². The minimum absolute atomic E-state index is 0.0234. The van der Waals surface area contributed by atoms with E-state index in [9.17, 15) is 13.2 Å². The number of ether oxygens (including phenoxy) is 1. The number of carbonyl (C=O) groups excluding carboxylic acids is 1. The number of nitrogens with zero attached hydrogens (tertiary/aromatic N) is 2. The second-order valence-electron chi connectivity index (χ2n) is 7.48. The smallest absolute Gasteiger partial charge is 0.255 e. The van der Waals surface area contributed by atoms with Crippen LogP contribution in [0.25, 0.3) is 0 Å². The molecule has 0 saturated carbocycles. The molecule has 0 fully saturated rings. The summed E-state index contributed by atoms with van der Waals surface area (Å²) in [6, 6.07) is 20.5. The first-order valence-electron chi connectivity index (χ1n) is 10.6. The van der Waals surface area contributed by atoms with Crippen molar-refractivity contribution in [1.29, 1.82) is 0 Å². The summed E-state index contributed by atoms with van der Waals surface area (Å²) >= 11 is 5.91. The van der Waals surface area contributed by atoms with Crippen LogP contribution in [0.15, 0.2) is 82.8 Å². The summed E-state index contributed by atoms with van der Waals surface area (Å²) in [5.74, 6) is 0.0594. The number of hydrogen-bond donors (Lipinski definition) is 1. The monoisotopic (exact) mass is 499 g/mol. The molecule has 0 aromatic heterocycles. The number of aryl methyl sites for hydroxylation is 1. The largest absolute Gasteiger partial charge is 0.493 e. The molecule has 3 aromatic carbocycles. The summed E-state index contributed by atoms with van der Waals surface area (Å²) in [6.45, 7) is 3.92. The van der Waals surface area contributed by atoms with Crippen molar-refractivity contribution in [2.75, 3.05) is 13.2 Å². The molecule has 0 bridgehead atoms. The summed E-state index contributed by atoms with van der Waals surface area (Å²) < 4.78 is 33.3. The molecule has 0 heterocycles. The minimum atomic E-state index is -3.97. The molecule has 1 amide bonds. The van der Waals surface area contributed by atoms with Crippen molar-refractivity contribution in [2.24, 2.45) is 5.10 Å². The van der Waals surface area contributed by atoms with Crippen molar-refractivity contribution in [3.05, 3.63) is 94.5 Å². The molecule has 0 radical (unpaired) electrons. The second kappa shape index (κ2) is 11.8. The lowest BCUT2D eigenvalue weighted by Crippen LogP contribution is -2.39. The van der Waals surface area contributed by atoms with E-state index in [0.29, 0.717) is 22.9 Å². The molecular formula is C25H26ClN3O4S. The summed E-state index contributed by atoms with van der Waals surface area (Å²) in [7, 11) is -3.97. The highest BCUT2D eigenvalue weighted by Gasteiger charge is 2.27. The first kappa shape index (κ1) is 25.4. The van der Waals surface area contributed by atoms with Gasteiger partial charge in [-0.3, -0.25) is 4.79 Å². The van der Waals surface area contributed by atoms with Gasteiger partial charge in [0.05, 0.1) is 24.3 Å². The van der Waals surface area contributed by atoms with Crippen molar-refractivity contribution in [3.8, 4) is 5.75 Å². The molecule has 0 atom stereocenters.